The van der Waals surface area contributed by atoms with Crippen LogP contribution in [0.4, 0.5) is 0 Å². The Morgan fingerprint density at radius 3 is 2.00 bits per heavy atom. The highest BCUT2D eigenvalue weighted by Crippen LogP contribution is 2.39. The second kappa shape index (κ2) is 3.95. The van der Waals surface area contributed by atoms with Crippen molar-refractivity contribution in [3.63, 3.8) is 0 Å². The normalized spacial score (nSPS) is 17.2. The van der Waals surface area contributed by atoms with Gasteiger partial charge in [-0.15, -0.1) is 0 Å². The second-order valence-corrected chi connectivity index (χ2v) is 5.10. The van der Waals surface area contributed by atoms with Crippen LogP contribution < -0.4 is 0 Å². The van der Waals surface area contributed by atoms with Crippen molar-refractivity contribution in [1.29, 1.82) is 0 Å². The smallest absolute Gasteiger partial charge is 0.0557 e. The average Bonchev–Trinajstić information content (AvgIpc) is 1.96. The summed E-state index contributed by atoms with van der Waals surface area (Å²) >= 11 is 14.2. The third-order valence-corrected chi connectivity index (χ3v) is 4.75. The summed E-state index contributed by atoms with van der Waals surface area (Å²) in [5, 5.41) is 1.53. The first-order chi connectivity index (χ1) is 6.18. The molecule has 69 valence electrons. The molecule has 0 N–H and O–H groups in total. The molecule has 0 aliphatic heterocycles. The quantitative estimate of drug-likeness (QED) is 0.518. The van der Waals surface area contributed by atoms with Crippen molar-refractivity contribution in [2.24, 2.45) is 0 Å². The Labute approximate surface area is 102 Å². The van der Waals surface area contributed by atoms with Crippen LogP contribution in [0.2, 0.25) is 10.0 Å². The van der Waals surface area contributed by atoms with E-state index in [9.17, 15) is 0 Å². The highest BCUT2D eigenvalue weighted by atomic mass is 127. The first kappa shape index (κ1) is 10.1. The fourth-order valence-corrected chi connectivity index (χ4v) is 2.20. The third kappa shape index (κ3) is 1.97. The highest BCUT2D eigenvalue weighted by Gasteiger charge is 2.21. The summed E-state index contributed by atoms with van der Waals surface area (Å²) in [5.41, 5.74) is 1.22. The van der Waals surface area contributed by atoms with Crippen LogP contribution in [0.5, 0.6) is 0 Å². The molecule has 1 fully saturated rings. The first-order valence-corrected chi connectivity index (χ1v) is 6.01. The molecular weight excluding hydrogens is 318 g/mol. The molecule has 0 spiro atoms. The van der Waals surface area contributed by atoms with Gasteiger partial charge in [0.05, 0.1) is 13.6 Å². The molecule has 0 aromatic heterocycles. The van der Waals surface area contributed by atoms with E-state index in [1.807, 2.05) is 12.1 Å². The Kier molecular flexibility index (Phi) is 3.06. The summed E-state index contributed by atoms with van der Waals surface area (Å²) < 4.78 is 0.949. The Morgan fingerprint density at radius 2 is 1.62 bits per heavy atom. The molecule has 0 saturated heterocycles. The van der Waals surface area contributed by atoms with Gasteiger partial charge in [0.25, 0.3) is 0 Å². The number of benzene rings is 1. The number of rotatable bonds is 1. The van der Waals surface area contributed by atoms with Crippen LogP contribution in [0.15, 0.2) is 12.1 Å². The van der Waals surface area contributed by atoms with Crippen LogP contribution >= 0.6 is 45.8 Å². The van der Waals surface area contributed by atoms with Crippen molar-refractivity contribution < 1.29 is 0 Å². The van der Waals surface area contributed by atoms with E-state index >= 15 is 0 Å². The van der Waals surface area contributed by atoms with E-state index in [4.69, 9.17) is 23.2 Å². The minimum atomic E-state index is 0.766. The van der Waals surface area contributed by atoms with E-state index in [2.05, 4.69) is 22.6 Å². The molecule has 0 atom stereocenters. The van der Waals surface area contributed by atoms with E-state index in [0.717, 1.165) is 13.6 Å². The van der Waals surface area contributed by atoms with Gasteiger partial charge < -0.3 is 0 Å². The van der Waals surface area contributed by atoms with Gasteiger partial charge in [-0.1, -0.05) is 29.6 Å². The molecule has 0 nitrogen and oxygen atoms in total. The fraction of sp³-hybridized carbons (Fsp3) is 0.300. The first-order valence-electron chi connectivity index (χ1n) is 4.18. The van der Waals surface area contributed by atoms with E-state index in [-0.39, 0.29) is 0 Å². The van der Waals surface area contributed by atoms with E-state index in [1.54, 1.807) is 0 Å². The number of hydrogen-bond donors (Lipinski definition) is 0. The van der Waals surface area contributed by atoms with Gasteiger partial charge in [0.15, 0.2) is 0 Å². The lowest BCUT2D eigenvalue weighted by Gasteiger charge is -2.25. The zero-order chi connectivity index (χ0) is 9.42. The van der Waals surface area contributed by atoms with Crippen LogP contribution in [-0.2, 0) is 0 Å². The Balaban J connectivity index is 2.37. The second-order valence-electron chi connectivity index (χ2n) is 3.21. The van der Waals surface area contributed by atoms with Crippen molar-refractivity contribution in [1.82, 2.24) is 0 Å². The van der Waals surface area contributed by atoms with Crippen molar-refractivity contribution in [2.75, 3.05) is 0 Å². The SMILES string of the molecule is Clc1cc([C]2CCC2)cc(Cl)c1I. The van der Waals surface area contributed by atoms with Gasteiger partial charge in [0, 0.05) is 5.92 Å². The van der Waals surface area contributed by atoms with Gasteiger partial charge in [-0.3, -0.25) is 0 Å². The molecule has 2 rings (SSSR count). The van der Waals surface area contributed by atoms with Gasteiger partial charge in [-0.25, -0.2) is 0 Å². The molecule has 0 amide bonds. The topological polar surface area (TPSA) is 0 Å². The Bertz CT molecular complexity index is 309. The monoisotopic (exact) mass is 325 g/mol. The summed E-state index contributed by atoms with van der Waals surface area (Å²) in [6.45, 7) is 0. The maximum Gasteiger partial charge on any atom is 0.0557 e. The number of halogens is 3. The predicted molar refractivity (Wildman–Crippen MR) is 65.4 cm³/mol. The van der Waals surface area contributed by atoms with Gasteiger partial charge in [0.1, 0.15) is 0 Å². The minimum Gasteiger partial charge on any atom is -0.0831 e. The van der Waals surface area contributed by atoms with E-state index in [1.165, 1.54) is 30.7 Å². The molecule has 0 heterocycles. The predicted octanol–water partition coefficient (Wildman–Crippen LogP) is 4.70. The van der Waals surface area contributed by atoms with Crippen molar-refractivity contribution in [3.05, 3.63) is 37.2 Å². The summed E-state index contributed by atoms with van der Waals surface area (Å²) in [4.78, 5) is 0. The highest BCUT2D eigenvalue weighted by molar-refractivity contribution is 14.1. The Hall–Kier alpha value is 0.530. The lowest BCUT2D eigenvalue weighted by molar-refractivity contribution is 0.577. The molecule has 0 bridgehead atoms. The summed E-state index contributed by atoms with van der Waals surface area (Å²) in [7, 11) is 0. The summed E-state index contributed by atoms with van der Waals surface area (Å²) in [6.07, 6.45) is 3.71. The maximum atomic E-state index is 6.04. The standard InChI is InChI=1S/C10H8Cl2I/c11-8-4-7(6-2-1-3-6)5-9(12)10(8)13/h4-5H,1-3H2. The largest absolute Gasteiger partial charge is 0.0831 e. The molecule has 13 heavy (non-hydrogen) atoms. The molecule has 3 heteroatoms. The van der Waals surface area contributed by atoms with Gasteiger partial charge >= 0.3 is 0 Å². The molecule has 1 aromatic carbocycles. The molecule has 1 aliphatic rings. The van der Waals surface area contributed by atoms with E-state index < -0.39 is 0 Å². The zero-order valence-electron chi connectivity index (χ0n) is 6.91. The van der Waals surface area contributed by atoms with Crippen molar-refractivity contribution >= 4 is 45.8 Å². The maximum absolute atomic E-state index is 6.04. The molecule has 1 aliphatic carbocycles. The van der Waals surface area contributed by atoms with Crippen LogP contribution in [0.25, 0.3) is 0 Å². The van der Waals surface area contributed by atoms with Gasteiger partial charge in [-0.05, 0) is 53.1 Å². The third-order valence-electron chi connectivity index (χ3n) is 2.35. The van der Waals surface area contributed by atoms with Crippen LogP contribution in [0.1, 0.15) is 24.8 Å². The van der Waals surface area contributed by atoms with E-state index in [0.29, 0.717) is 0 Å². The van der Waals surface area contributed by atoms with Crippen LogP contribution in [0.3, 0.4) is 0 Å². The molecule has 1 radical (unpaired) electrons. The van der Waals surface area contributed by atoms with Gasteiger partial charge in [0.2, 0.25) is 0 Å². The van der Waals surface area contributed by atoms with Crippen molar-refractivity contribution in [3.8, 4) is 0 Å². The lowest BCUT2D eigenvalue weighted by atomic mass is 9.80. The molecule has 1 aromatic rings. The molecule has 1 saturated carbocycles. The average molecular weight is 326 g/mol. The Morgan fingerprint density at radius 1 is 1.08 bits per heavy atom. The van der Waals surface area contributed by atoms with Crippen LogP contribution in [0, 0.1) is 9.49 Å². The lowest BCUT2D eigenvalue weighted by Crippen LogP contribution is -2.09. The molecule has 0 unspecified atom stereocenters. The van der Waals surface area contributed by atoms with Crippen molar-refractivity contribution in [2.45, 2.75) is 19.3 Å². The zero-order valence-corrected chi connectivity index (χ0v) is 10.6. The van der Waals surface area contributed by atoms with Crippen LogP contribution in [-0.4, -0.2) is 0 Å². The summed E-state index contributed by atoms with van der Waals surface area (Å²) in [5.74, 6) is 1.49. The minimum absolute atomic E-state index is 0.766. The fourth-order valence-electron chi connectivity index (χ4n) is 1.40. The number of hydrogen-bond acceptors (Lipinski definition) is 0. The summed E-state index contributed by atoms with van der Waals surface area (Å²) in [6, 6.07) is 4.04. The van der Waals surface area contributed by atoms with Gasteiger partial charge in [-0.2, -0.15) is 0 Å². The molecular formula is C10H8Cl2I.